The van der Waals surface area contributed by atoms with E-state index in [0.29, 0.717) is 50.5 Å². The quantitative estimate of drug-likeness (QED) is 0.378. The molecule has 1 heterocycles. The van der Waals surface area contributed by atoms with Gasteiger partial charge in [0, 0.05) is 18.9 Å². The van der Waals surface area contributed by atoms with Crippen molar-refractivity contribution in [1.29, 1.82) is 0 Å². The lowest BCUT2D eigenvalue weighted by atomic mass is 10.2. The Morgan fingerprint density at radius 2 is 1.46 bits per heavy atom. The lowest BCUT2D eigenvalue weighted by molar-refractivity contribution is -0.132. The summed E-state index contributed by atoms with van der Waals surface area (Å²) < 4.78 is 11.1. The highest BCUT2D eigenvalue weighted by atomic mass is 16.6. The van der Waals surface area contributed by atoms with Gasteiger partial charge in [0.15, 0.2) is 0 Å². The second-order valence-corrected chi connectivity index (χ2v) is 5.40. The van der Waals surface area contributed by atoms with Crippen LogP contribution in [0.25, 0.3) is 0 Å². The Morgan fingerprint density at radius 1 is 0.885 bits per heavy atom. The van der Waals surface area contributed by atoms with E-state index in [9.17, 15) is 9.59 Å². The van der Waals surface area contributed by atoms with Crippen LogP contribution in [0.4, 0.5) is 0 Å². The van der Waals surface area contributed by atoms with Crippen molar-refractivity contribution in [3.8, 4) is 11.6 Å². The molecule has 2 amide bonds. The van der Waals surface area contributed by atoms with Crippen molar-refractivity contribution in [3.05, 3.63) is 18.3 Å². The number of hydrogen-bond donors (Lipinski definition) is 2. The molecule has 2 N–H and O–H groups in total. The van der Waals surface area contributed by atoms with Crippen molar-refractivity contribution < 1.29 is 28.7 Å². The molecule has 9 nitrogen and oxygen atoms in total. The number of hydrogen-bond acceptors (Lipinski definition) is 7. The normalized spacial score (nSPS) is 10.2. The number of nitrogens with one attached hydrogen (secondary N) is 2. The molecule has 0 aromatic carbocycles. The molecule has 0 saturated heterocycles. The molecule has 1 rings (SSSR count). The monoisotopic (exact) mass is 369 g/mol. The lowest BCUT2D eigenvalue weighted by Gasteiger charge is -2.08. The van der Waals surface area contributed by atoms with E-state index in [2.05, 4.69) is 25.6 Å². The van der Waals surface area contributed by atoms with Crippen LogP contribution >= 0.6 is 0 Å². The molecule has 0 spiro atoms. The van der Waals surface area contributed by atoms with Crippen LogP contribution in [-0.4, -0.2) is 44.2 Å². The molecule has 9 heteroatoms. The molecule has 0 radical (unpaired) electrons. The Kier molecular flexibility index (Phi) is 11.5. The van der Waals surface area contributed by atoms with Crippen LogP contribution in [0.15, 0.2) is 18.3 Å². The van der Waals surface area contributed by atoms with Gasteiger partial charge in [-0.1, -0.05) is 0 Å². The SMILES string of the molecule is CONC(=O)CCCCOc1ccc(OCCCCC(=O)NOC)nc1. The second kappa shape index (κ2) is 13.9. The first-order chi connectivity index (χ1) is 12.7. The Morgan fingerprint density at radius 3 is 1.96 bits per heavy atom. The summed E-state index contributed by atoms with van der Waals surface area (Å²) >= 11 is 0. The number of rotatable bonds is 14. The maximum atomic E-state index is 11.2. The molecular weight excluding hydrogens is 342 g/mol. The molecule has 0 fully saturated rings. The summed E-state index contributed by atoms with van der Waals surface area (Å²) in [5.74, 6) is 0.867. The standard InChI is InChI=1S/C17H27N3O6/c1-23-19-15(21)7-3-5-11-25-14-9-10-17(18-13-14)26-12-6-4-8-16(22)20-24-2/h9-10,13H,3-8,11-12H2,1-2H3,(H,19,21)(H,20,22). The van der Waals surface area contributed by atoms with Crippen LogP contribution in [-0.2, 0) is 19.3 Å². The fourth-order valence-corrected chi connectivity index (χ4v) is 2.01. The zero-order chi connectivity index (χ0) is 19.0. The van der Waals surface area contributed by atoms with Crippen LogP contribution in [0.2, 0.25) is 0 Å². The fourth-order valence-electron chi connectivity index (χ4n) is 2.01. The van der Waals surface area contributed by atoms with Gasteiger partial charge in [-0.2, -0.15) is 0 Å². The Labute approximate surface area is 153 Å². The molecule has 26 heavy (non-hydrogen) atoms. The summed E-state index contributed by atoms with van der Waals surface area (Å²) in [4.78, 5) is 35.6. The molecule has 0 aliphatic rings. The van der Waals surface area contributed by atoms with Gasteiger partial charge in [0.2, 0.25) is 17.7 Å². The average Bonchev–Trinajstić information content (AvgIpc) is 2.63. The molecule has 1 aromatic rings. The predicted molar refractivity (Wildman–Crippen MR) is 93.2 cm³/mol. The largest absolute Gasteiger partial charge is 0.492 e. The summed E-state index contributed by atoms with van der Waals surface area (Å²) in [6.07, 6.45) is 5.31. The van der Waals surface area contributed by atoms with Crippen LogP contribution in [0.5, 0.6) is 11.6 Å². The average molecular weight is 369 g/mol. The van der Waals surface area contributed by atoms with Gasteiger partial charge in [-0.15, -0.1) is 0 Å². The minimum atomic E-state index is -0.147. The minimum Gasteiger partial charge on any atom is -0.492 e. The van der Waals surface area contributed by atoms with E-state index >= 15 is 0 Å². The molecule has 0 unspecified atom stereocenters. The molecular formula is C17H27N3O6. The van der Waals surface area contributed by atoms with Crippen molar-refractivity contribution >= 4 is 11.8 Å². The highest BCUT2D eigenvalue weighted by Gasteiger charge is 2.02. The van der Waals surface area contributed by atoms with Crippen molar-refractivity contribution in [3.63, 3.8) is 0 Å². The third-order valence-electron chi connectivity index (χ3n) is 3.26. The summed E-state index contributed by atoms with van der Waals surface area (Å²) in [5.41, 5.74) is 4.53. The summed E-state index contributed by atoms with van der Waals surface area (Å²) in [6.45, 7) is 0.989. The zero-order valence-corrected chi connectivity index (χ0v) is 15.3. The highest BCUT2D eigenvalue weighted by molar-refractivity contribution is 5.74. The van der Waals surface area contributed by atoms with E-state index < -0.39 is 0 Å². The van der Waals surface area contributed by atoms with Crippen LogP contribution < -0.4 is 20.4 Å². The number of pyridine rings is 1. The molecule has 0 atom stereocenters. The van der Waals surface area contributed by atoms with Gasteiger partial charge in [0.05, 0.1) is 33.6 Å². The smallest absolute Gasteiger partial charge is 0.243 e. The first kappa shape index (κ1) is 21.7. The number of aromatic nitrogens is 1. The number of amides is 2. The predicted octanol–water partition coefficient (Wildman–Crippen LogP) is 1.53. The van der Waals surface area contributed by atoms with Crippen LogP contribution in [0, 0.1) is 0 Å². The Hall–Kier alpha value is -2.39. The topological polar surface area (TPSA) is 108 Å². The van der Waals surface area contributed by atoms with E-state index in [1.165, 1.54) is 14.2 Å². The summed E-state index contributed by atoms with van der Waals surface area (Å²) in [6, 6.07) is 3.52. The molecule has 0 bridgehead atoms. The number of carbonyl (C=O) groups excluding carboxylic acids is 2. The fraction of sp³-hybridized carbons (Fsp3) is 0.588. The van der Waals surface area contributed by atoms with Crippen molar-refractivity contribution in [2.75, 3.05) is 27.4 Å². The molecule has 1 aromatic heterocycles. The van der Waals surface area contributed by atoms with Crippen LogP contribution in [0.1, 0.15) is 38.5 Å². The van der Waals surface area contributed by atoms with Crippen molar-refractivity contribution in [2.24, 2.45) is 0 Å². The van der Waals surface area contributed by atoms with E-state index in [4.69, 9.17) is 9.47 Å². The van der Waals surface area contributed by atoms with Gasteiger partial charge in [0.1, 0.15) is 5.75 Å². The Balaban J connectivity index is 2.09. The van der Waals surface area contributed by atoms with Crippen LogP contribution in [0.3, 0.4) is 0 Å². The maximum absolute atomic E-state index is 11.2. The van der Waals surface area contributed by atoms with E-state index in [0.717, 1.165) is 12.8 Å². The first-order valence-corrected chi connectivity index (χ1v) is 8.51. The third kappa shape index (κ3) is 10.5. The lowest BCUT2D eigenvalue weighted by Crippen LogP contribution is -2.21. The molecule has 0 aliphatic heterocycles. The van der Waals surface area contributed by atoms with E-state index in [-0.39, 0.29) is 11.8 Å². The number of carbonyl (C=O) groups is 2. The highest BCUT2D eigenvalue weighted by Crippen LogP contribution is 2.14. The van der Waals surface area contributed by atoms with E-state index in [1.54, 1.807) is 18.3 Å². The molecule has 146 valence electrons. The molecule has 0 saturated carbocycles. The maximum Gasteiger partial charge on any atom is 0.243 e. The second-order valence-electron chi connectivity index (χ2n) is 5.40. The Bertz CT molecular complexity index is 477. The summed E-state index contributed by atoms with van der Waals surface area (Å²) in [7, 11) is 2.81. The number of nitrogens with zero attached hydrogens (tertiary/aromatic N) is 1. The van der Waals surface area contributed by atoms with Gasteiger partial charge in [-0.05, 0) is 31.7 Å². The van der Waals surface area contributed by atoms with Gasteiger partial charge in [-0.3, -0.25) is 19.3 Å². The summed E-state index contributed by atoms with van der Waals surface area (Å²) in [5, 5.41) is 0. The number of unbranched alkanes of at least 4 members (excludes halogenated alkanes) is 2. The van der Waals surface area contributed by atoms with Gasteiger partial charge in [0.25, 0.3) is 0 Å². The van der Waals surface area contributed by atoms with Gasteiger partial charge < -0.3 is 9.47 Å². The van der Waals surface area contributed by atoms with Crippen molar-refractivity contribution in [2.45, 2.75) is 38.5 Å². The number of hydroxylamine groups is 2. The van der Waals surface area contributed by atoms with E-state index in [1.807, 2.05) is 0 Å². The van der Waals surface area contributed by atoms with Gasteiger partial charge >= 0.3 is 0 Å². The first-order valence-electron chi connectivity index (χ1n) is 8.51. The number of ether oxygens (including phenoxy) is 2. The third-order valence-corrected chi connectivity index (χ3v) is 3.26. The molecule has 0 aliphatic carbocycles. The zero-order valence-electron chi connectivity index (χ0n) is 15.3. The van der Waals surface area contributed by atoms with Crippen molar-refractivity contribution in [1.82, 2.24) is 15.9 Å². The van der Waals surface area contributed by atoms with Gasteiger partial charge in [-0.25, -0.2) is 15.9 Å². The minimum absolute atomic E-state index is 0.144.